The Morgan fingerprint density at radius 3 is 2.56 bits per heavy atom. The first-order valence-electron chi connectivity index (χ1n) is 8.34. The van der Waals surface area contributed by atoms with Gasteiger partial charge in [0.05, 0.1) is 4.53 Å². The predicted molar refractivity (Wildman–Crippen MR) is 105 cm³/mol. The molecule has 130 valence electrons. The summed E-state index contributed by atoms with van der Waals surface area (Å²) in [4.78, 5) is 17.7. The van der Waals surface area contributed by atoms with Crippen LogP contribution >= 0.6 is 11.3 Å². The van der Waals surface area contributed by atoms with E-state index in [0.29, 0.717) is 20.9 Å². The SMILES string of the molecule is O=c1/c(=C\c2cccc3ccccc23)sc2nc(-c3ccc(F)cc3)nn12. The Kier molecular flexibility index (Phi) is 3.58. The lowest BCUT2D eigenvalue weighted by molar-refractivity contribution is 0.628. The lowest BCUT2D eigenvalue weighted by Crippen LogP contribution is -2.23. The van der Waals surface area contributed by atoms with Crippen molar-refractivity contribution >= 4 is 33.1 Å². The molecule has 27 heavy (non-hydrogen) atoms. The average molecular weight is 373 g/mol. The number of aromatic nitrogens is 3. The third-order valence-corrected chi connectivity index (χ3v) is 5.35. The van der Waals surface area contributed by atoms with Gasteiger partial charge in [0, 0.05) is 5.56 Å². The molecule has 0 aliphatic carbocycles. The summed E-state index contributed by atoms with van der Waals surface area (Å²) in [6, 6.07) is 20.0. The Morgan fingerprint density at radius 1 is 0.963 bits per heavy atom. The van der Waals surface area contributed by atoms with Crippen LogP contribution < -0.4 is 10.1 Å². The van der Waals surface area contributed by atoms with E-state index in [9.17, 15) is 9.18 Å². The molecule has 0 saturated heterocycles. The van der Waals surface area contributed by atoms with Gasteiger partial charge in [-0.05, 0) is 46.7 Å². The molecule has 0 fully saturated rings. The maximum atomic E-state index is 13.1. The highest BCUT2D eigenvalue weighted by atomic mass is 32.1. The second-order valence-electron chi connectivity index (χ2n) is 6.12. The second kappa shape index (κ2) is 6.10. The summed E-state index contributed by atoms with van der Waals surface area (Å²) in [5.74, 6) is 0.0892. The van der Waals surface area contributed by atoms with E-state index in [-0.39, 0.29) is 11.4 Å². The van der Waals surface area contributed by atoms with Crippen molar-refractivity contribution in [2.75, 3.05) is 0 Å². The summed E-state index contributed by atoms with van der Waals surface area (Å²) in [5.41, 5.74) is 1.45. The molecule has 0 spiro atoms. The lowest BCUT2D eigenvalue weighted by Gasteiger charge is -2.00. The van der Waals surface area contributed by atoms with Gasteiger partial charge in [-0.15, -0.1) is 5.10 Å². The van der Waals surface area contributed by atoms with Gasteiger partial charge < -0.3 is 0 Å². The van der Waals surface area contributed by atoms with Crippen molar-refractivity contribution in [1.29, 1.82) is 0 Å². The number of hydrogen-bond donors (Lipinski definition) is 0. The number of halogens is 1. The van der Waals surface area contributed by atoms with Gasteiger partial charge in [0.1, 0.15) is 5.82 Å². The van der Waals surface area contributed by atoms with Gasteiger partial charge in [-0.1, -0.05) is 53.8 Å². The largest absolute Gasteiger partial charge is 0.291 e. The predicted octanol–water partition coefficient (Wildman–Crippen LogP) is 3.66. The number of rotatable bonds is 2. The number of nitrogens with zero attached hydrogens (tertiary/aromatic N) is 3. The minimum Gasteiger partial charge on any atom is -0.266 e. The van der Waals surface area contributed by atoms with E-state index in [4.69, 9.17) is 0 Å². The van der Waals surface area contributed by atoms with E-state index in [1.165, 1.54) is 28.0 Å². The van der Waals surface area contributed by atoms with Crippen molar-refractivity contribution in [3.63, 3.8) is 0 Å². The molecule has 0 bridgehead atoms. The molecular formula is C21H12FN3OS. The normalized spacial score (nSPS) is 12.3. The van der Waals surface area contributed by atoms with Crippen molar-refractivity contribution in [2.24, 2.45) is 0 Å². The molecule has 0 unspecified atom stereocenters. The Morgan fingerprint density at radius 2 is 1.74 bits per heavy atom. The van der Waals surface area contributed by atoms with Crippen molar-refractivity contribution in [2.45, 2.75) is 0 Å². The standard InChI is InChI=1S/C21H12FN3OS/c22-16-10-8-14(9-11-16)19-23-21-25(24-19)20(26)18(27-21)12-15-6-3-5-13-4-1-2-7-17(13)15/h1-12H/b18-12+. The molecule has 2 aromatic heterocycles. The summed E-state index contributed by atoms with van der Waals surface area (Å²) >= 11 is 1.29. The Hall–Kier alpha value is -3.38. The number of fused-ring (bicyclic) bond motifs is 2. The van der Waals surface area contributed by atoms with Gasteiger partial charge in [0.15, 0.2) is 5.82 Å². The third kappa shape index (κ3) is 2.71. The molecule has 4 nitrogen and oxygen atoms in total. The van der Waals surface area contributed by atoms with Gasteiger partial charge in [0.25, 0.3) is 5.56 Å². The van der Waals surface area contributed by atoms with E-state index in [2.05, 4.69) is 10.1 Å². The van der Waals surface area contributed by atoms with Gasteiger partial charge in [-0.2, -0.15) is 9.50 Å². The van der Waals surface area contributed by atoms with E-state index in [1.807, 2.05) is 48.5 Å². The minimum atomic E-state index is -0.323. The van der Waals surface area contributed by atoms with E-state index in [0.717, 1.165) is 16.3 Å². The van der Waals surface area contributed by atoms with Gasteiger partial charge in [0.2, 0.25) is 4.96 Å². The minimum absolute atomic E-state index is 0.205. The van der Waals surface area contributed by atoms with Crippen molar-refractivity contribution < 1.29 is 4.39 Å². The fraction of sp³-hybridized carbons (Fsp3) is 0. The van der Waals surface area contributed by atoms with Crippen LogP contribution in [0, 0.1) is 5.82 Å². The monoisotopic (exact) mass is 373 g/mol. The van der Waals surface area contributed by atoms with Crippen LogP contribution in [0.3, 0.4) is 0 Å². The molecule has 5 rings (SSSR count). The molecule has 0 amide bonds. The van der Waals surface area contributed by atoms with Crippen LogP contribution in [-0.4, -0.2) is 14.6 Å². The Balaban J connectivity index is 1.65. The van der Waals surface area contributed by atoms with E-state index < -0.39 is 0 Å². The average Bonchev–Trinajstić information content (AvgIpc) is 3.23. The van der Waals surface area contributed by atoms with Crippen LogP contribution in [0.25, 0.3) is 33.2 Å². The van der Waals surface area contributed by atoms with Crippen LogP contribution in [0.15, 0.2) is 71.5 Å². The maximum Gasteiger partial charge on any atom is 0.291 e. The summed E-state index contributed by atoms with van der Waals surface area (Å²) in [5, 5.41) is 6.51. The molecule has 5 aromatic rings. The first-order chi connectivity index (χ1) is 13.2. The molecule has 0 atom stereocenters. The van der Waals surface area contributed by atoms with Crippen LogP contribution in [0.2, 0.25) is 0 Å². The molecule has 3 aromatic carbocycles. The van der Waals surface area contributed by atoms with Crippen molar-refractivity contribution in [3.05, 3.63) is 93.0 Å². The zero-order valence-corrected chi connectivity index (χ0v) is 14.8. The van der Waals surface area contributed by atoms with Crippen molar-refractivity contribution in [3.8, 4) is 11.4 Å². The molecule has 0 saturated carbocycles. The molecule has 2 heterocycles. The van der Waals surface area contributed by atoms with E-state index in [1.54, 1.807) is 12.1 Å². The van der Waals surface area contributed by atoms with Gasteiger partial charge >= 0.3 is 0 Å². The van der Waals surface area contributed by atoms with Gasteiger partial charge in [-0.3, -0.25) is 4.79 Å². The second-order valence-corrected chi connectivity index (χ2v) is 7.13. The van der Waals surface area contributed by atoms with Gasteiger partial charge in [-0.25, -0.2) is 4.39 Å². The molecular weight excluding hydrogens is 361 g/mol. The third-order valence-electron chi connectivity index (χ3n) is 4.39. The first kappa shape index (κ1) is 15.8. The van der Waals surface area contributed by atoms with E-state index >= 15 is 0 Å². The molecule has 0 N–H and O–H groups in total. The van der Waals surface area contributed by atoms with Crippen LogP contribution in [0.1, 0.15) is 5.56 Å². The Bertz CT molecular complexity index is 1400. The van der Waals surface area contributed by atoms with Crippen LogP contribution in [-0.2, 0) is 0 Å². The topological polar surface area (TPSA) is 47.3 Å². The zero-order chi connectivity index (χ0) is 18.4. The molecule has 0 aliphatic heterocycles. The number of hydrogen-bond acceptors (Lipinski definition) is 4. The summed E-state index contributed by atoms with van der Waals surface area (Å²) in [7, 11) is 0. The maximum absolute atomic E-state index is 13.1. The molecule has 0 aliphatic rings. The number of thiazole rings is 1. The van der Waals surface area contributed by atoms with Crippen LogP contribution in [0.5, 0.6) is 0 Å². The smallest absolute Gasteiger partial charge is 0.266 e. The lowest BCUT2D eigenvalue weighted by atomic mass is 10.0. The molecule has 0 radical (unpaired) electrons. The highest BCUT2D eigenvalue weighted by molar-refractivity contribution is 7.15. The highest BCUT2D eigenvalue weighted by Gasteiger charge is 2.12. The summed E-state index contributed by atoms with van der Waals surface area (Å²) in [6.07, 6.45) is 1.88. The highest BCUT2D eigenvalue weighted by Crippen LogP contribution is 2.20. The fourth-order valence-electron chi connectivity index (χ4n) is 3.07. The molecule has 6 heteroatoms. The summed E-state index contributed by atoms with van der Waals surface area (Å²) in [6.45, 7) is 0. The van der Waals surface area contributed by atoms with Crippen LogP contribution in [0.4, 0.5) is 4.39 Å². The summed E-state index contributed by atoms with van der Waals surface area (Å²) < 4.78 is 15.0. The zero-order valence-electron chi connectivity index (χ0n) is 14.0. The van der Waals surface area contributed by atoms with Crippen molar-refractivity contribution in [1.82, 2.24) is 14.6 Å². The Labute approximate surface area is 156 Å². The quantitative estimate of drug-likeness (QED) is 0.474. The first-order valence-corrected chi connectivity index (χ1v) is 9.16. The number of benzene rings is 3. The fourth-order valence-corrected chi connectivity index (χ4v) is 3.97.